The molecular weight excluding hydrogens is 342 g/mol. The molecule has 13 nitrogen and oxygen atoms in total. The summed E-state index contributed by atoms with van der Waals surface area (Å²) in [6, 6.07) is 0. The number of aromatic nitrogens is 6. The molecule has 0 fully saturated rings. The molecule has 4 rings (SSSR count). The van der Waals surface area contributed by atoms with Crippen molar-refractivity contribution < 1.29 is 9.59 Å². The van der Waals surface area contributed by atoms with Gasteiger partial charge in [0.15, 0.2) is 0 Å². The first kappa shape index (κ1) is 20.5. The zero-order chi connectivity index (χ0) is 19.4. The van der Waals surface area contributed by atoms with Crippen LogP contribution in [-0.2, 0) is 23.7 Å². The molecule has 0 atom stereocenters. The molecule has 2 aliphatic heterocycles. The van der Waals surface area contributed by atoms with Crippen molar-refractivity contribution in [1.82, 2.24) is 40.0 Å². The molecule has 2 amide bonds. The largest absolute Gasteiger partial charge is 0.273 e. The van der Waals surface area contributed by atoms with Gasteiger partial charge in [-0.3, -0.25) is 14.3 Å². The highest BCUT2D eigenvalue weighted by molar-refractivity contribution is 5.93. The SMILES string of the molecule is CN1N=CCC1=O.CN1N=NCC1=O.Cn1ccnn1.Cn1nccn1. The third-order valence-electron chi connectivity index (χ3n) is 2.72. The van der Waals surface area contributed by atoms with Crippen LogP contribution in [-0.4, -0.2) is 78.7 Å². The number of hydrogen-bond donors (Lipinski definition) is 0. The van der Waals surface area contributed by atoms with Gasteiger partial charge in [0.1, 0.15) is 6.54 Å². The van der Waals surface area contributed by atoms with Gasteiger partial charge < -0.3 is 0 Å². The average Bonchev–Trinajstić information content (AvgIpc) is 3.39. The molecule has 0 saturated carbocycles. The quantitative estimate of drug-likeness (QED) is 0.606. The minimum Gasteiger partial charge on any atom is -0.273 e. The highest BCUT2D eigenvalue weighted by Crippen LogP contribution is 1.96. The Labute approximate surface area is 149 Å². The maximum Gasteiger partial charge on any atom is 0.267 e. The third-order valence-corrected chi connectivity index (χ3v) is 2.72. The van der Waals surface area contributed by atoms with E-state index in [1.54, 1.807) is 56.8 Å². The van der Waals surface area contributed by atoms with Gasteiger partial charge in [0.25, 0.3) is 5.91 Å². The maximum atomic E-state index is 10.4. The van der Waals surface area contributed by atoms with Crippen molar-refractivity contribution in [3.63, 3.8) is 0 Å². The topological polar surface area (TPSA) is 139 Å². The fraction of sp³-hybridized carbons (Fsp3) is 0.462. The normalized spacial score (nSPS) is 14.3. The van der Waals surface area contributed by atoms with Crippen LogP contribution in [0, 0.1) is 0 Å². The van der Waals surface area contributed by atoms with Crippen LogP contribution in [0.1, 0.15) is 6.42 Å². The van der Waals surface area contributed by atoms with Crippen molar-refractivity contribution in [3.8, 4) is 0 Å². The molecular formula is C13H21N11O2. The Hall–Kier alpha value is -3.51. The van der Waals surface area contributed by atoms with E-state index in [1.165, 1.54) is 14.8 Å². The number of likely N-dealkylation sites (N-methyl/N-ethyl adjacent to an activating group) is 1. The van der Waals surface area contributed by atoms with E-state index < -0.39 is 0 Å². The molecule has 0 N–H and O–H groups in total. The van der Waals surface area contributed by atoms with Gasteiger partial charge in [-0.05, 0) is 0 Å². The number of hydrogen-bond acceptors (Lipinski definition) is 9. The van der Waals surface area contributed by atoms with Gasteiger partial charge in [0.05, 0.1) is 25.0 Å². The van der Waals surface area contributed by atoms with Gasteiger partial charge in [-0.1, -0.05) is 10.4 Å². The number of hydrazone groups is 1. The summed E-state index contributed by atoms with van der Waals surface area (Å²) < 4.78 is 1.64. The molecule has 0 spiro atoms. The Morgan fingerprint density at radius 2 is 1.62 bits per heavy atom. The standard InChI is InChI=1S/C4H6N2O.C3H5N3O.2C3H5N3/c1-6-4(7)2-3-5-6;1-6-3(7)2-4-5-6;1-6-3-2-4-5-6;1-6-4-2-3-5-6/h3H,2H2,1H3;2H2,1H3;2*2-3H,1H3. The van der Waals surface area contributed by atoms with Crippen molar-refractivity contribution in [2.45, 2.75) is 6.42 Å². The molecule has 13 heteroatoms. The van der Waals surface area contributed by atoms with Crippen molar-refractivity contribution in [2.24, 2.45) is 29.5 Å². The van der Waals surface area contributed by atoms with Crippen LogP contribution in [0.15, 0.2) is 40.2 Å². The Kier molecular flexibility index (Phi) is 8.78. The highest BCUT2D eigenvalue weighted by Gasteiger charge is 2.11. The van der Waals surface area contributed by atoms with E-state index in [2.05, 4.69) is 35.9 Å². The minimum absolute atomic E-state index is 0.0417. The summed E-state index contributed by atoms with van der Waals surface area (Å²) in [7, 11) is 6.83. The Bertz CT molecular complexity index is 646. The van der Waals surface area contributed by atoms with Crippen molar-refractivity contribution in [3.05, 3.63) is 24.8 Å². The second kappa shape index (κ2) is 11.1. The van der Waals surface area contributed by atoms with Crippen molar-refractivity contribution in [1.29, 1.82) is 0 Å². The molecule has 0 aliphatic carbocycles. The minimum atomic E-state index is -0.0417. The second-order valence-corrected chi connectivity index (χ2v) is 4.82. The van der Waals surface area contributed by atoms with E-state index in [0.717, 1.165) is 0 Å². The Morgan fingerprint density at radius 3 is 1.77 bits per heavy atom. The fourth-order valence-electron chi connectivity index (χ4n) is 1.33. The van der Waals surface area contributed by atoms with Crippen LogP contribution >= 0.6 is 0 Å². The van der Waals surface area contributed by atoms with E-state index in [1.807, 2.05) is 7.05 Å². The summed E-state index contributed by atoms with van der Waals surface area (Å²) in [6.07, 6.45) is 8.76. The summed E-state index contributed by atoms with van der Waals surface area (Å²) in [6.45, 7) is 0.219. The van der Waals surface area contributed by atoms with Gasteiger partial charge in [0.2, 0.25) is 5.91 Å². The maximum absolute atomic E-state index is 10.4. The van der Waals surface area contributed by atoms with E-state index in [4.69, 9.17) is 0 Å². The predicted octanol–water partition coefficient (Wildman–Crippen LogP) is -0.710. The highest BCUT2D eigenvalue weighted by atomic mass is 16.2. The molecule has 0 unspecified atom stereocenters. The molecule has 0 bridgehead atoms. The zero-order valence-corrected chi connectivity index (χ0v) is 15.0. The smallest absolute Gasteiger partial charge is 0.267 e. The lowest BCUT2D eigenvalue weighted by molar-refractivity contribution is -0.127. The van der Waals surface area contributed by atoms with Crippen LogP contribution in [0.25, 0.3) is 0 Å². The molecule has 26 heavy (non-hydrogen) atoms. The summed E-state index contributed by atoms with van der Waals surface area (Å²) in [5.74, 6) is 0.0278. The van der Waals surface area contributed by atoms with Crippen LogP contribution in [0.4, 0.5) is 0 Å². The number of nitrogens with zero attached hydrogens (tertiary/aromatic N) is 11. The fourth-order valence-corrected chi connectivity index (χ4v) is 1.33. The summed E-state index contributed by atoms with van der Waals surface area (Å²) in [5, 5.41) is 27.7. The van der Waals surface area contributed by atoms with Gasteiger partial charge >= 0.3 is 0 Å². The first-order valence-corrected chi connectivity index (χ1v) is 7.43. The molecule has 0 radical (unpaired) electrons. The van der Waals surface area contributed by atoms with Crippen LogP contribution < -0.4 is 0 Å². The third kappa shape index (κ3) is 8.37. The van der Waals surface area contributed by atoms with Crippen LogP contribution in [0.5, 0.6) is 0 Å². The summed E-state index contributed by atoms with van der Waals surface area (Å²) >= 11 is 0. The van der Waals surface area contributed by atoms with E-state index >= 15 is 0 Å². The summed E-state index contributed by atoms with van der Waals surface area (Å²) in [5.41, 5.74) is 0. The molecule has 2 aromatic heterocycles. The van der Waals surface area contributed by atoms with Gasteiger partial charge in [0, 0.05) is 40.6 Å². The van der Waals surface area contributed by atoms with Crippen molar-refractivity contribution >= 4 is 18.0 Å². The van der Waals surface area contributed by atoms with Gasteiger partial charge in [-0.15, -0.1) is 5.10 Å². The number of rotatable bonds is 0. The molecule has 2 aliphatic rings. The molecule has 0 aromatic carbocycles. The second-order valence-electron chi connectivity index (χ2n) is 4.82. The summed E-state index contributed by atoms with van der Waals surface area (Å²) in [4.78, 5) is 22.2. The van der Waals surface area contributed by atoms with Gasteiger partial charge in [-0.25, -0.2) is 10.0 Å². The number of carbonyl (C=O) groups excluding carboxylic acids is 2. The monoisotopic (exact) mass is 363 g/mol. The molecule has 0 saturated heterocycles. The van der Waals surface area contributed by atoms with E-state index in [9.17, 15) is 9.59 Å². The van der Waals surface area contributed by atoms with Gasteiger partial charge in [-0.2, -0.15) is 25.2 Å². The lowest BCUT2D eigenvalue weighted by Crippen LogP contribution is -2.16. The zero-order valence-electron chi connectivity index (χ0n) is 15.0. The lowest BCUT2D eigenvalue weighted by Gasteiger charge is -1.98. The number of aryl methyl sites for hydroxylation is 2. The predicted molar refractivity (Wildman–Crippen MR) is 90.4 cm³/mol. The molecule has 2 aromatic rings. The average molecular weight is 363 g/mol. The number of carbonyl (C=O) groups is 2. The lowest BCUT2D eigenvalue weighted by atomic mass is 10.5. The van der Waals surface area contributed by atoms with Crippen LogP contribution in [0.3, 0.4) is 0 Å². The molecule has 140 valence electrons. The Balaban J connectivity index is 0.000000174. The van der Waals surface area contributed by atoms with Crippen LogP contribution in [0.2, 0.25) is 0 Å². The first-order chi connectivity index (χ1) is 12.4. The number of amides is 2. The van der Waals surface area contributed by atoms with E-state index in [0.29, 0.717) is 6.42 Å². The first-order valence-electron chi connectivity index (χ1n) is 7.43. The van der Waals surface area contributed by atoms with Crippen molar-refractivity contribution in [2.75, 3.05) is 20.6 Å². The van der Waals surface area contributed by atoms with E-state index in [-0.39, 0.29) is 18.4 Å². The molecule has 4 heterocycles. The Morgan fingerprint density at radius 1 is 0.923 bits per heavy atom.